The minimum absolute atomic E-state index is 1.04. The molecule has 0 bridgehead atoms. The Morgan fingerprint density at radius 2 is 2.33 bits per heavy atom. The van der Waals surface area contributed by atoms with Gasteiger partial charge in [-0.15, -0.1) is 11.3 Å². The average Bonchev–Trinajstić information content (AvgIpc) is 2.57. The number of nitrogens with zero attached hydrogens (tertiary/aromatic N) is 3. The minimum Gasteiger partial charge on any atom is -0.302 e. The fraction of sp³-hybridized carbons (Fsp3) is 0.400. The highest BCUT2D eigenvalue weighted by atomic mass is 127. The highest BCUT2D eigenvalue weighted by Gasteiger charge is 2.21. The highest BCUT2D eigenvalue weighted by molar-refractivity contribution is 14.1. The summed E-state index contributed by atoms with van der Waals surface area (Å²) in [4.78, 5) is 13.6. The topological polar surface area (TPSA) is 29.0 Å². The first-order valence-corrected chi connectivity index (χ1v) is 6.74. The summed E-state index contributed by atoms with van der Waals surface area (Å²) in [6, 6.07) is 0. The molecule has 0 saturated carbocycles. The van der Waals surface area contributed by atoms with E-state index < -0.39 is 0 Å². The van der Waals surface area contributed by atoms with Crippen LogP contribution in [0.2, 0.25) is 0 Å². The van der Waals surface area contributed by atoms with E-state index in [0.29, 0.717) is 0 Å². The second-order valence-electron chi connectivity index (χ2n) is 3.84. The molecule has 0 N–H and O–H groups in total. The van der Waals surface area contributed by atoms with Gasteiger partial charge in [0.25, 0.3) is 0 Å². The van der Waals surface area contributed by atoms with Gasteiger partial charge in [0.2, 0.25) is 0 Å². The monoisotopic (exact) mass is 331 g/mol. The number of rotatable bonds is 0. The first-order chi connectivity index (χ1) is 7.25. The summed E-state index contributed by atoms with van der Waals surface area (Å²) in [6.07, 6.45) is 2.82. The van der Waals surface area contributed by atoms with E-state index in [1.807, 2.05) is 11.3 Å². The summed E-state index contributed by atoms with van der Waals surface area (Å²) in [6.45, 7) is 2.20. The normalized spacial score (nSPS) is 16.9. The molecule has 0 atom stereocenters. The molecule has 0 fully saturated rings. The number of hydrogen-bond acceptors (Lipinski definition) is 4. The minimum atomic E-state index is 1.04. The van der Waals surface area contributed by atoms with Crippen molar-refractivity contribution >= 4 is 44.1 Å². The molecule has 0 radical (unpaired) electrons. The fourth-order valence-electron chi connectivity index (χ4n) is 2.01. The van der Waals surface area contributed by atoms with Crippen molar-refractivity contribution in [1.82, 2.24) is 14.9 Å². The van der Waals surface area contributed by atoms with E-state index in [1.165, 1.54) is 15.8 Å². The molecule has 0 saturated heterocycles. The molecule has 5 heteroatoms. The first kappa shape index (κ1) is 9.92. The molecular formula is C10H10IN3S. The summed E-state index contributed by atoms with van der Waals surface area (Å²) in [7, 11) is 2.17. The summed E-state index contributed by atoms with van der Waals surface area (Å²) >= 11 is 4.14. The predicted molar refractivity (Wildman–Crippen MR) is 70.2 cm³/mol. The Hall–Kier alpha value is -0.270. The van der Waals surface area contributed by atoms with E-state index in [0.717, 1.165) is 28.0 Å². The van der Waals surface area contributed by atoms with Gasteiger partial charge < -0.3 is 4.90 Å². The number of likely N-dealkylation sites (N-methyl/N-ethyl adjacent to an activating group) is 1. The third-order valence-corrected chi connectivity index (χ3v) is 4.79. The van der Waals surface area contributed by atoms with Crippen molar-refractivity contribution < 1.29 is 0 Å². The molecule has 0 amide bonds. The molecule has 1 aliphatic rings. The Labute approximate surface area is 106 Å². The van der Waals surface area contributed by atoms with Crippen LogP contribution in [-0.4, -0.2) is 28.5 Å². The fourth-order valence-corrected chi connectivity index (χ4v) is 4.04. The molecule has 3 nitrogen and oxygen atoms in total. The lowest BCUT2D eigenvalue weighted by Crippen LogP contribution is -2.25. The molecule has 1 aliphatic heterocycles. The standard InChI is InChI=1S/C10H10IN3S/c1-14-3-2-7-6(4-14)8-9(11)12-5-13-10(8)15-7/h5H,2-4H2,1H3. The van der Waals surface area contributed by atoms with Crippen LogP contribution in [0, 0.1) is 3.70 Å². The van der Waals surface area contributed by atoms with Gasteiger partial charge in [-0.25, -0.2) is 9.97 Å². The van der Waals surface area contributed by atoms with Gasteiger partial charge in [-0.05, 0) is 41.6 Å². The first-order valence-electron chi connectivity index (χ1n) is 4.85. The van der Waals surface area contributed by atoms with Crippen molar-refractivity contribution in [3.63, 3.8) is 0 Å². The Morgan fingerprint density at radius 1 is 1.47 bits per heavy atom. The van der Waals surface area contributed by atoms with Crippen LogP contribution in [0.5, 0.6) is 0 Å². The van der Waals surface area contributed by atoms with Crippen molar-refractivity contribution in [2.75, 3.05) is 13.6 Å². The Morgan fingerprint density at radius 3 is 3.20 bits per heavy atom. The number of halogens is 1. The van der Waals surface area contributed by atoms with E-state index in [9.17, 15) is 0 Å². The summed E-state index contributed by atoms with van der Waals surface area (Å²) in [5, 5.41) is 1.28. The van der Waals surface area contributed by atoms with Crippen molar-refractivity contribution in [2.45, 2.75) is 13.0 Å². The maximum absolute atomic E-state index is 4.36. The molecule has 0 unspecified atom stereocenters. The van der Waals surface area contributed by atoms with E-state index in [1.54, 1.807) is 6.33 Å². The van der Waals surface area contributed by atoms with Gasteiger partial charge in [-0.1, -0.05) is 0 Å². The molecule has 0 aromatic carbocycles. The molecule has 78 valence electrons. The van der Waals surface area contributed by atoms with Gasteiger partial charge in [0, 0.05) is 23.4 Å². The van der Waals surface area contributed by atoms with Crippen LogP contribution >= 0.6 is 33.9 Å². The highest BCUT2D eigenvalue weighted by Crippen LogP contribution is 2.35. The largest absolute Gasteiger partial charge is 0.302 e. The summed E-state index contributed by atoms with van der Waals surface area (Å²) in [5.74, 6) is 0. The lowest BCUT2D eigenvalue weighted by Gasteiger charge is -2.22. The number of fused-ring (bicyclic) bond motifs is 3. The zero-order chi connectivity index (χ0) is 10.4. The molecule has 3 heterocycles. The summed E-state index contributed by atoms with van der Waals surface area (Å²) in [5.41, 5.74) is 1.45. The summed E-state index contributed by atoms with van der Waals surface area (Å²) < 4.78 is 1.09. The zero-order valence-electron chi connectivity index (χ0n) is 8.33. The van der Waals surface area contributed by atoms with Crippen LogP contribution < -0.4 is 0 Å². The quantitative estimate of drug-likeness (QED) is 0.548. The number of aromatic nitrogens is 2. The second-order valence-corrected chi connectivity index (χ2v) is 5.94. The van der Waals surface area contributed by atoms with Gasteiger partial charge in [0.1, 0.15) is 14.9 Å². The molecule has 2 aromatic rings. The Balaban J connectivity index is 2.30. The van der Waals surface area contributed by atoms with Crippen LogP contribution in [0.15, 0.2) is 6.33 Å². The molecule has 2 aromatic heterocycles. The van der Waals surface area contributed by atoms with E-state index in [-0.39, 0.29) is 0 Å². The van der Waals surface area contributed by atoms with Crippen molar-refractivity contribution in [1.29, 1.82) is 0 Å². The zero-order valence-corrected chi connectivity index (χ0v) is 11.3. The number of thiophene rings is 1. The molecule has 0 spiro atoms. The van der Waals surface area contributed by atoms with Gasteiger partial charge in [-0.2, -0.15) is 0 Å². The van der Waals surface area contributed by atoms with Crippen LogP contribution in [0.1, 0.15) is 10.4 Å². The molecule has 15 heavy (non-hydrogen) atoms. The smallest absolute Gasteiger partial charge is 0.128 e. The van der Waals surface area contributed by atoms with Crippen molar-refractivity contribution in [2.24, 2.45) is 0 Å². The SMILES string of the molecule is CN1CCc2sc3ncnc(I)c3c2C1. The maximum Gasteiger partial charge on any atom is 0.128 e. The van der Waals surface area contributed by atoms with Crippen molar-refractivity contribution in [3.8, 4) is 0 Å². The van der Waals surface area contributed by atoms with Gasteiger partial charge >= 0.3 is 0 Å². The average molecular weight is 331 g/mol. The Bertz CT molecular complexity index is 523. The van der Waals surface area contributed by atoms with Crippen LogP contribution in [-0.2, 0) is 13.0 Å². The lowest BCUT2D eigenvalue weighted by molar-refractivity contribution is 0.317. The van der Waals surface area contributed by atoms with E-state index >= 15 is 0 Å². The molecular weight excluding hydrogens is 321 g/mol. The predicted octanol–water partition coefficient (Wildman–Crippen LogP) is 2.28. The van der Waals surface area contributed by atoms with E-state index in [4.69, 9.17) is 0 Å². The molecule has 0 aliphatic carbocycles. The third kappa shape index (κ3) is 1.57. The van der Waals surface area contributed by atoms with Crippen LogP contribution in [0.3, 0.4) is 0 Å². The maximum atomic E-state index is 4.36. The third-order valence-electron chi connectivity index (χ3n) is 2.77. The van der Waals surface area contributed by atoms with Gasteiger partial charge in [0.05, 0.1) is 0 Å². The van der Waals surface area contributed by atoms with Gasteiger partial charge in [-0.3, -0.25) is 0 Å². The van der Waals surface area contributed by atoms with Gasteiger partial charge in [0.15, 0.2) is 0 Å². The van der Waals surface area contributed by atoms with E-state index in [2.05, 4.69) is 44.5 Å². The Kier molecular flexibility index (Phi) is 2.41. The van der Waals surface area contributed by atoms with Crippen LogP contribution in [0.4, 0.5) is 0 Å². The lowest BCUT2D eigenvalue weighted by atomic mass is 10.1. The van der Waals surface area contributed by atoms with Crippen molar-refractivity contribution in [3.05, 3.63) is 20.5 Å². The molecule has 3 rings (SSSR count). The van der Waals surface area contributed by atoms with Crippen LogP contribution in [0.25, 0.3) is 10.2 Å². The second kappa shape index (κ2) is 3.64. The number of hydrogen-bond donors (Lipinski definition) is 0.